The zero-order valence-electron chi connectivity index (χ0n) is 8.67. The summed E-state index contributed by atoms with van der Waals surface area (Å²) in [5.41, 5.74) is 0.112. The van der Waals surface area contributed by atoms with Gasteiger partial charge in [0, 0.05) is 0 Å². The first kappa shape index (κ1) is 10.3. The lowest BCUT2D eigenvalue weighted by molar-refractivity contribution is -0.145. The summed E-state index contributed by atoms with van der Waals surface area (Å²) >= 11 is 0. The van der Waals surface area contributed by atoms with Crippen molar-refractivity contribution in [2.75, 3.05) is 6.61 Å². The molecule has 0 heterocycles. The molecule has 0 bridgehead atoms. The summed E-state index contributed by atoms with van der Waals surface area (Å²) in [6, 6.07) is 0. The van der Waals surface area contributed by atoms with Crippen molar-refractivity contribution < 1.29 is 9.53 Å². The number of ether oxygens (including phenoxy) is 1. The topological polar surface area (TPSA) is 26.3 Å². The lowest BCUT2D eigenvalue weighted by Crippen LogP contribution is -2.10. The molecule has 0 aliphatic heterocycles. The third-order valence-electron chi connectivity index (χ3n) is 3.01. The van der Waals surface area contributed by atoms with E-state index in [1.807, 2.05) is 13.0 Å². The molecule has 0 spiro atoms. The van der Waals surface area contributed by atoms with Gasteiger partial charge in [-0.3, -0.25) is 4.79 Å². The van der Waals surface area contributed by atoms with Crippen LogP contribution in [0.15, 0.2) is 12.7 Å². The first-order valence-corrected chi connectivity index (χ1v) is 4.83. The van der Waals surface area contributed by atoms with Gasteiger partial charge in [0.15, 0.2) is 0 Å². The van der Waals surface area contributed by atoms with Crippen LogP contribution in [0, 0.1) is 17.3 Å². The van der Waals surface area contributed by atoms with E-state index in [9.17, 15) is 4.79 Å². The van der Waals surface area contributed by atoms with Gasteiger partial charge in [0.2, 0.25) is 0 Å². The van der Waals surface area contributed by atoms with E-state index in [0.717, 1.165) is 6.42 Å². The maximum Gasteiger partial charge on any atom is 0.309 e. The van der Waals surface area contributed by atoms with Crippen LogP contribution in [0.4, 0.5) is 0 Å². The van der Waals surface area contributed by atoms with Crippen LogP contribution in [0.1, 0.15) is 27.2 Å². The average Bonchev–Trinajstić information content (AvgIpc) is 2.55. The number of allylic oxidation sites excluding steroid dienone is 1. The Bertz CT molecular complexity index is 218. The predicted molar refractivity (Wildman–Crippen MR) is 52.2 cm³/mol. The number of carbonyl (C=O) groups excluding carboxylic acids is 1. The van der Waals surface area contributed by atoms with Gasteiger partial charge in [-0.1, -0.05) is 19.9 Å². The molecule has 1 rings (SSSR count). The molecule has 0 aromatic heterocycles. The number of esters is 1. The van der Waals surface area contributed by atoms with Crippen LogP contribution in [0.5, 0.6) is 0 Å². The normalized spacial score (nSPS) is 29.5. The lowest BCUT2D eigenvalue weighted by Gasteiger charge is -2.01. The number of carbonyl (C=O) groups is 1. The Morgan fingerprint density at radius 2 is 2.23 bits per heavy atom. The summed E-state index contributed by atoms with van der Waals surface area (Å²) in [6.45, 7) is 10.2. The molecule has 1 saturated carbocycles. The number of hydrogen-bond acceptors (Lipinski definition) is 2. The Hall–Kier alpha value is -0.790. The average molecular weight is 182 g/mol. The molecule has 2 heteroatoms. The van der Waals surface area contributed by atoms with Crippen molar-refractivity contribution >= 4 is 5.97 Å². The van der Waals surface area contributed by atoms with E-state index in [-0.39, 0.29) is 17.3 Å². The largest absolute Gasteiger partial charge is 0.466 e. The third-order valence-corrected chi connectivity index (χ3v) is 3.01. The van der Waals surface area contributed by atoms with E-state index in [1.54, 1.807) is 0 Å². The highest BCUT2D eigenvalue weighted by atomic mass is 16.5. The molecule has 2 unspecified atom stereocenters. The minimum Gasteiger partial charge on any atom is -0.466 e. The van der Waals surface area contributed by atoms with Crippen LogP contribution in [-0.4, -0.2) is 12.6 Å². The van der Waals surface area contributed by atoms with Gasteiger partial charge in [-0.2, -0.15) is 0 Å². The quantitative estimate of drug-likeness (QED) is 0.493. The standard InChI is InChI=1S/C11H18O2/c1-5-7-8-9(11(8,3)4)10(12)13-6-2/h5,8-9H,1,6-7H2,2-4H3. The van der Waals surface area contributed by atoms with Gasteiger partial charge in [-0.15, -0.1) is 6.58 Å². The maximum absolute atomic E-state index is 11.4. The summed E-state index contributed by atoms with van der Waals surface area (Å²) in [4.78, 5) is 11.4. The monoisotopic (exact) mass is 182 g/mol. The highest BCUT2D eigenvalue weighted by Gasteiger charge is 2.61. The van der Waals surface area contributed by atoms with Gasteiger partial charge < -0.3 is 4.74 Å². The fraction of sp³-hybridized carbons (Fsp3) is 0.727. The van der Waals surface area contributed by atoms with Crippen molar-refractivity contribution in [3.8, 4) is 0 Å². The Morgan fingerprint density at radius 3 is 2.69 bits per heavy atom. The van der Waals surface area contributed by atoms with Crippen molar-refractivity contribution in [3.05, 3.63) is 12.7 Å². The second kappa shape index (κ2) is 3.52. The van der Waals surface area contributed by atoms with Gasteiger partial charge >= 0.3 is 5.97 Å². The molecular formula is C11H18O2. The molecule has 1 aliphatic carbocycles. The number of rotatable bonds is 4. The van der Waals surface area contributed by atoms with Crippen molar-refractivity contribution in [2.24, 2.45) is 17.3 Å². The van der Waals surface area contributed by atoms with Crippen LogP contribution in [0.2, 0.25) is 0 Å². The van der Waals surface area contributed by atoms with Gasteiger partial charge in [0.05, 0.1) is 12.5 Å². The Morgan fingerprint density at radius 1 is 1.62 bits per heavy atom. The van der Waals surface area contributed by atoms with Gasteiger partial charge in [0.25, 0.3) is 0 Å². The smallest absolute Gasteiger partial charge is 0.309 e. The Labute approximate surface area is 80.0 Å². The molecule has 0 saturated heterocycles. The molecule has 13 heavy (non-hydrogen) atoms. The first-order chi connectivity index (χ1) is 6.05. The van der Waals surface area contributed by atoms with E-state index in [4.69, 9.17) is 4.74 Å². The van der Waals surface area contributed by atoms with E-state index < -0.39 is 0 Å². The molecule has 0 aromatic rings. The highest BCUT2D eigenvalue weighted by molar-refractivity contribution is 5.77. The molecule has 0 amide bonds. The fourth-order valence-electron chi connectivity index (χ4n) is 2.06. The van der Waals surface area contributed by atoms with Crippen LogP contribution in [-0.2, 0) is 9.53 Å². The zero-order chi connectivity index (χ0) is 10.1. The van der Waals surface area contributed by atoms with Crippen molar-refractivity contribution in [2.45, 2.75) is 27.2 Å². The second-order valence-electron chi connectivity index (χ2n) is 4.18. The summed E-state index contributed by atoms with van der Waals surface area (Å²) in [5, 5.41) is 0. The molecule has 0 radical (unpaired) electrons. The van der Waals surface area contributed by atoms with E-state index in [2.05, 4.69) is 20.4 Å². The van der Waals surface area contributed by atoms with E-state index in [1.165, 1.54) is 0 Å². The Balaban J connectivity index is 2.53. The molecule has 2 nitrogen and oxygen atoms in total. The molecule has 1 fully saturated rings. The molecule has 74 valence electrons. The second-order valence-corrected chi connectivity index (χ2v) is 4.18. The van der Waals surface area contributed by atoms with Crippen molar-refractivity contribution in [3.63, 3.8) is 0 Å². The van der Waals surface area contributed by atoms with Crippen LogP contribution >= 0.6 is 0 Å². The van der Waals surface area contributed by atoms with Crippen molar-refractivity contribution in [1.29, 1.82) is 0 Å². The lowest BCUT2D eigenvalue weighted by atomic mass is 10.1. The van der Waals surface area contributed by atoms with Crippen molar-refractivity contribution in [1.82, 2.24) is 0 Å². The van der Waals surface area contributed by atoms with Gasteiger partial charge in [0.1, 0.15) is 0 Å². The minimum atomic E-state index is -0.0423. The summed E-state index contributed by atoms with van der Waals surface area (Å²) in [6.07, 6.45) is 2.79. The molecule has 2 atom stereocenters. The molecule has 0 N–H and O–H groups in total. The van der Waals surface area contributed by atoms with Gasteiger partial charge in [-0.25, -0.2) is 0 Å². The minimum absolute atomic E-state index is 0.0423. The van der Waals surface area contributed by atoms with Crippen LogP contribution < -0.4 is 0 Å². The third kappa shape index (κ3) is 1.77. The fourth-order valence-corrected chi connectivity index (χ4v) is 2.06. The van der Waals surface area contributed by atoms with E-state index in [0.29, 0.717) is 12.5 Å². The number of hydrogen-bond donors (Lipinski definition) is 0. The molecular weight excluding hydrogens is 164 g/mol. The van der Waals surface area contributed by atoms with Crippen LogP contribution in [0.25, 0.3) is 0 Å². The van der Waals surface area contributed by atoms with Gasteiger partial charge in [-0.05, 0) is 24.7 Å². The SMILES string of the molecule is C=CCC1C(C(=O)OCC)C1(C)C. The molecule has 0 aromatic carbocycles. The maximum atomic E-state index is 11.4. The highest BCUT2D eigenvalue weighted by Crippen LogP contribution is 2.60. The summed E-state index contributed by atoms with van der Waals surface area (Å²) < 4.78 is 5.00. The summed E-state index contributed by atoms with van der Waals surface area (Å²) in [7, 11) is 0. The first-order valence-electron chi connectivity index (χ1n) is 4.83. The zero-order valence-corrected chi connectivity index (χ0v) is 8.67. The Kier molecular flexibility index (Phi) is 2.79. The summed E-state index contributed by atoms with van der Waals surface area (Å²) in [5.74, 6) is 0.480. The van der Waals surface area contributed by atoms with E-state index >= 15 is 0 Å². The van der Waals surface area contributed by atoms with Crippen LogP contribution in [0.3, 0.4) is 0 Å². The molecule has 1 aliphatic rings. The predicted octanol–water partition coefficient (Wildman–Crippen LogP) is 2.40.